The maximum Gasteiger partial charge on any atom is 0.416 e. The fraction of sp³-hybridized carbons (Fsp3) is 0.556. The molecule has 1 N–H and O–H groups in total. The zero-order chi connectivity index (χ0) is 20.1. The summed E-state index contributed by atoms with van der Waals surface area (Å²) in [6.45, 7) is 2.47. The third-order valence-corrected chi connectivity index (χ3v) is 5.53. The van der Waals surface area contributed by atoms with E-state index in [1.54, 1.807) is 21.6 Å². The van der Waals surface area contributed by atoms with Crippen molar-refractivity contribution in [3.8, 4) is 0 Å². The minimum absolute atomic E-state index is 0.0146. The maximum atomic E-state index is 12.8. The Kier molecular flexibility index (Phi) is 6.84. The number of nitrogens with zero attached hydrogens (tertiary/aromatic N) is 2. The van der Waals surface area contributed by atoms with Gasteiger partial charge in [0.1, 0.15) is 6.10 Å². The number of nitrogens with one attached hydrogen (secondary N) is 1. The molecule has 0 aliphatic carbocycles. The zero-order valence-corrected chi connectivity index (χ0v) is 16.0. The fourth-order valence-corrected chi connectivity index (χ4v) is 4.06. The van der Waals surface area contributed by atoms with Crippen LogP contribution in [0.1, 0.15) is 5.56 Å². The molecule has 0 saturated carbocycles. The Morgan fingerprint density at radius 2 is 1.96 bits per heavy atom. The summed E-state index contributed by atoms with van der Waals surface area (Å²) in [5.41, 5.74) is -0.728. The van der Waals surface area contributed by atoms with Crippen molar-refractivity contribution in [3.05, 3.63) is 29.8 Å². The number of ether oxygens (including phenoxy) is 1. The van der Waals surface area contributed by atoms with Crippen molar-refractivity contribution < 1.29 is 27.5 Å². The summed E-state index contributed by atoms with van der Waals surface area (Å²) >= 11 is 1.81. The summed E-state index contributed by atoms with van der Waals surface area (Å²) in [7, 11) is 0. The molecule has 2 saturated heterocycles. The van der Waals surface area contributed by atoms with Crippen molar-refractivity contribution >= 4 is 29.3 Å². The number of morpholine rings is 1. The lowest BCUT2D eigenvalue weighted by atomic mass is 10.2. The van der Waals surface area contributed by atoms with Gasteiger partial charge in [-0.1, -0.05) is 6.07 Å². The molecule has 0 bridgehead atoms. The van der Waals surface area contributed by atoms with E-state index in [9.17, 15) is 22.8 Å². The Morgan fingerprint density at radius 1 is 1.21 bits per heavy atom. The van der Waals surface area contributed by atoms with Gasteiger partial charge in [0.25, 0.3) is 5.91 Å². The predicted octanol–water partition coefficient (Wildman–Crippen LogP) is 1.92. The summed E-state index contributed by atoms with van der Waals surface area (Å²) in [5, 5.41) is 2.49. The minimum atomic E-state index is -4.47. The first-order valence-electron chi connectivity index (χ1n) is 9.00. The van der Waals surface area contributed by atoms with Crippen LogP contribution in [0.15, 0.2) is 24.3 Å². The topological polar surface area (TPSA) is 61.9 Å². The quantitative estimate of drug-likeness (QED) is 0.811. The lowest BCUT2D eigenvalue weighted by molar-refractivity contribution is -0.149. The molecule has 3 rings (SSSR count). The highest BCUT2D eigenvalue weighted by Crippen LogP contribution is 2.30. The molecule has 2 aliphatic heterocycles. The van der Waals surface area contributed by atoms with Crippen LogP contribution < -0.4 is 5.32 Å². The van der Waals surface area contributed by atoms with Gasteiger partial charge in [0.15, 0.2) is 0 Å². The normalized spacial score (nSPS) is 21.4. The molecule has 28 heavy (non-hydrogen) atoms. The van der Waals surface area contributed by atoms with E-state index in [0.717, 1.165) is 23.6 Å². The molecule has 0 spiro atoms. The van der Waals surface area contributed by atoms with Gasteiger partial charge in [0, 0.05) is 43.4 Å². The van der Waals surface area contributed by atoms with E-state index in [2.05, 4.69) is 5.32 Å². The SMILES string of the molecule is O=C(CN1CCOC(C(=O)N2CCSCC2)C1)Nc1cccc(C(F)(F)F)c1. The molecule has 2 aliphatic rings. The van der Waals surface area contributed by atoms with E-state index in [1.165, 1.54) is 12.1 Å². The van der Waals surface area contributed by atoms with Gasteiger partial charge in [-0.15, -0.1) is 0 Å². The molecule has 0 radical (unpaired) electrons. The number of carbonyl (C=O) groups excluding carboxylic acids is 2. The molecular weight excluding hydrogens is 395 g/mol. The smallest absolute Gasteiger partial charge is 0.366 e. The molecular formula is C18H22F3N3O3S. The standard InChI is InChI=1S/C18H22F3N3O3S/c19-18(20,21)13-2-1-3-14(10-13)22-16(25)12-23-4-7-27-15(11-23)17(26)24-5-8-28-9-6-24/h1-3,10,15H,4-9,11-12H2,(H,22,25). The molecule has 10 heteroatoms. The van der Waals surface area contributed by atoms with E-state index >= 15 is 0 Å². The first-order valence-corrected chi connectivity index (χ1v) is 10.2. The van der Waals surface area contributed by atoms with E-state index in [1.807, 2.05) is 0 Å². The van der Waals surface area contributed by atoms with Crippen molar-refractivity contribution in [2.24, 2.45) is 0 Å². The summed E-state index contributed by atoms with van der Waals surface area (Å²) in [6.07, 6.45) is -5.08. The summed E-state index contributed by atoms with van der Waals surface area (Å²) < 4.78 is 43.9. The zero-order valence-electron chi connectivity index (χ0n) is 15.2. The number of hydrogen-bond acceptors (Lipinski definition) is 5. The number of amides is 2. The third-order valence-electron chi connectivity index (χ3n) is 4.59. The van der Waals surface area contributed by atoms with Gasteiger partial charge in [0.05, 0.1) is 18.7 Å². The Morgan fingerprint density at radius 3 is 2.68 bits per heavy atom. The Hall–Kier alpha value is -1.78. The molecule has 2 amide bonds. The molecule has 6 nitrogen and oxygen atoms in total. The molecule has 1 aromatic rings. The maximum absolute atomic E-state index is 12.8. The van der Waals surface area contributed by atoms with Crippen LogP contribution >= 0.6 is 11.8 Å². The average Bonchev–Trinajstić information content (AvgIpc) is 2.68. The highest BCUT2D eigenvalue weighted by molar-refractivity contribution is 7.99. The number of rotatable bonds is 4. The van der Waals surface area contributed by atoms with Crippen molar-refractivity contribution in [3.63, 3.8) is 0 Å². The van der Waals surface area contributed by atoms with Crippen LogP contribution in [0.25, 0.3) is 0 Å². The fourth-order valence-electron chi connectivity index (χ4n) is 3.16. The largest absolute Gasteiger partial charge is 0.416 e. The Labute approximate surface area is 165 Å². The van der Waals surface area contributed by atoms with Crippen LogP contribution in [0, 0.1) is 0 Å². The van der Waals surface area contributed by atoms with Crippen LogP contribution in [0.3, 0.4) is 0 Å². The average molecular weight is 417 g/mol. The first-order chi connectivity index (χ1) is 13.3. The van der Waals surface area contributed by atoms with Gasteiger partial charge >= 0.3 is 6.18 Å². The molecule has 1 atom stereocenters. The van der Waals surface area contributed by atoms with Crippen LogP contribution in [-0.2, 0) is 20.5 Å². The van der Waals surface area contributed by atoms with Gasteiger partial charge < -0.3 is 15.0 Å². The van der Waals surface area contributed by atoms with Crippen molar-refractivity contribution in [1.82, 2.24) is 9.80 Å². The van der Waals surface area contributed by atoms with Crippen LogP contribution in [-0.4, -0.2) is 78.6 Å². The minimum Gasteiger partial charge on any atom is -0.366 e. The highest BCUT2D eigenvalue weighted by Gasteiger charge is 2.32. The second-order valence-electron chi connectivity index (χ2n) is 6.66. The molecule has 0 aromatic heterocycles. The van der Waals surface area contributed by atoms with E-state index in [4.69, 9.17) is 4.74 Å². The molecule has 2 heterocycles. The monoisotopic (exact) mass is 417 g/mol. The lowest BCUT2D eigenvalue weighted by Gasteiger charge is -2.35. The number of carbonyl (C=O) groups is 2. The molecule has 2 fully saturated rings. The Balaban J connectivity index is 1.53. The molecule has 1 aromatic carbocycles. The van der Waals surface area contributed by atoms with Crippen molar-refractivity contribution in [2.75, 3.05) is 56.2 Å². The Bertz CT molecular complexity index is 711. The van der Waals surface area contributed by atoms with Crippen LogP contribution in [0.4, 0.5) is 18.9 Å². The summed E-state index contributed by atoms with van der Waals surface area (Å²) in [5.74, 6) is 1.31. The summed E-state index contributed by atoms with van der Waals surface area (Å²) in [6, 6.07) is 4.51. The van der Waals surface area contributed by atoms with Gasteiger partial charge in [-0.3, -0.25) is 14.5 Å². The van der Waals surface area contributed by atoms with Crippen molar-refractivity contribution in [1.29, 1.82) is 0 Å². The second kappa shape index (κ2) is 9.15. The number of anilines is 1. The van der Waals surface area contributed by atoms with Gasteiger partial charge in [-0.05, 0) is 18.2 Å². The number of benzene rings is 1. The van der Waals surface area contributed by atoms with Crippen molar-refractivity contribution in [2.45, 2.75) is 12.3 Å². The van der Waals surface area contributed by atoms with Gasteiger partial charge in [-0.2, -0.15) is 24.9 Å². The number of thioether (sulfide) groups is 1. The van der Waals surface area contributed by atoms with Crippen LogP contribution in [0.5, 0.6) is 0 Å². The molecule has 1 unspecified atom stereocenters. The van der Waals surface area contributed by atoms with Gasteiger partial charge in [0.2, 0.25) is 5.91 Å². The number of alkyl halides is 3. The summed E-state index contributed by atoms with van der Waals surface area (Å²) in [4.78, 5) is 28.4. The predicted molar refractivity (Wildman–Crippen MR) is 100 cm³/mol. The third kappa shape index (κ3) is 5.62. The van der Waals surface area contributed by atoms with Crippen LogP contribution in [0.2, 0.25) is 0 Å². The second-order valence-corrected chi connectivity index (χ2v) is 7.88. The van der Waals surface area contributed by atoms with Gasteiger partial charge in [-0.25, -0.2) is 0 Å². The number of halogens is 3. The van der Waals surface area contributed by atoms with E-state index in [0.29, 0.717) is 32.8 Å². The van der Waals surface area contributed by atoms with E-state index in [-0.39, 0.29) is 18.1 Å². The molecule has 154 valence electrons. The first kappa shape index (κ1) is 20.9. The van der Waals surface area contributed by atoms with E-state index < -0.39 is 23.8 Å². The highest BCUT2D eigenvalue weighted by atomic mass is 32.2. The number of hydrogen-bond donors (Lipinski definition) is 1. The lowest BCUT2D eigenvalue weighted by Crippen LogP contribution is -2.53.